The highest BCUT2D eigenvalue weighted by molar-refractivity contribution is 6.29. The van der Waals surface area contributed by atoms with E-state index in [-0.39, 0.29) is 10.8 Å². The summed E-state index contributed by atoms with van der Waals surface area (Å²) in [5.41, 5.74) is 9.25. The van der Waals surface area contributed by atoms with Crippen LogP contribution in [0, 0.1) is 23.3 Å². The maximum Gasteiger partial charge on any atom is 0.198 e. The van der Waals surface area contributed by atoms with Crippen LogP contribution in [-0.4, -0.2) is 9.38 Å². The molecule has 10 rings (SSSR count). The lowest BCUT2D eigenvalue weighted by Crippen LogP contribution is -2.03. The minimum Gasteiger partial charge on any atom is -0.306 e. The zero-order valence-electron chi connectivity index (χ0n) is 26.8. The lowest BCUT2D eigenvalue weighted by atomic mass is 9.82. The molecule has 0 unspecified atom stereocenters. The smallest absolute Gasteiger partial charge is 0.198 e. The van der Waals surface area contributed by atoms with E-state index in [4.69, 9.17) is 4.98 Å². The van der Waals surface area contributed by atoms with E-state index in [1.54, 1.807) is 48.5 Å². The Morgan fingerprint density at radius 1 is 0.412 bits per heavy atom. The van der Waals surface area contributed by atoms with Gasteiger partial charge in [-0.15, -0.1) is 0 Å². The third-order valence-corrected chi connectivity index (χ3v) is 10.1. The Kier molecular flexibility index (Phi) is 6.33. The molecule has 0 saturated carbocycles. The van der Waals surface area contributed by atoms with E-state index in [1.165, 1.54) is 0 Å². The molecule has 0 amide bonds. The molecule has 242 valence electrons. The maximum atomic E-state index is 16.3. The molecule has 0 aliphatic heterocycles. The van der Waals surface area contributed by atoms with Crippen molar-refractivity contribution >= 4 is 27.2 Å². The number of imidazole rings is 1. The molecule has 0 bridgehead atoms. The first-order chi connectivity index (χ1) is 25.0. The molecule has 7 aromatic carbocycles. The summed E-state index contributed by atoms with van der Waals surface area (Å²) in [5, 5.41) is 1.25. The van der Waals surface area contributed by atoms with Gasteiger partial charge in [-0.05, 0) is 73.5 Å². The minimum absolute atomic E-state index is 0.291. The van der Waals surface area contributed by atoms with Gasteiger partial charge < -0.3 is 4.40 Å². The topological polar surface area (TPSA) is 17.3 Å². The standard InChI is InChI=1S/C45H24F4N2/c46-42-40-35(25-11-3-1-4-12-25)38-31-18-10-17-30-29(27-15-9-16-28(23-27)33-24-51-22-8-7-19-34(51)50-33)20-21-32(37(30)31)39(38)36(26-13-5-2-6-14-26)41(40)43(47)45(49)44(42)48/h1-24H. The Morgan fingerprint density at radius 2 is 0.961 bits per heavy atom. The van der Waals surface area contributed by atoms with Crippen molar-refractivity contribution in [1.29, 1.82) is 0 Å². The van der Waals surface area contributed by atoms with Gasteiger partial charge in [0.1, 0.15) is 5.65 Å². The molecule has 0 fully saturated rings. The van der Waals surface area contributed by atoms with Gasteiger partial charge in [0.15, 0.2) is 23.3 Å². The van der Waals surface area contributed by atoms with Crippen LogP contribution in [-0.2, 0) is 0 Å². The largest absolute Gasteiger partial charge is 0.306 e. The average Bonchev–Trinajstić information content (AvgIpc) is 3.77. The van der Waals surface area contributed by atoms with Crippen LogP contribution in [0.15, 0.2) is 146 Å². The van der Waals surface area contributed by atoms with Crippen molar-refractivity contribution in [2.45, 2.75) is 0 Å². The summed E-state index contributed by atoms with van der Waals surface area (Å²) in [6.07, 6.45) is 3.97. The molecule has 0 saturated heterocycles. The average molecular weight is 669 g/mol. The van der Waals surface area contributed by atoms with Crippen molar-refractivity contribution in [3.8, 4) is 66.9 Å². The number of hydrogen-bond donors (Lipinski definition) is 0. The Bertz CT molecular complexity index is 2760. The van der Waals surface area contributed by atoms with Crippen LogP contribution >= 0.6 is 0 Å². The van der Waals surface area contributed by atoms with E-state index < -0.39 is 23.3 Å². The van der Waals surface area contributed by atoms with Gasteiger partial charge in [-0.1, -0.05) is 115 Å². The number of benzene rings is 7. The zero-order valence-corrected chi connectivity index (χ0v) is 26.8. The van der Waals surface area contributed by atoms with E-state index in [9.17, 15) is 0 Å². The third kappa shape index (κ3) is 4.20. The van der Waals surface area contributed by atoms with Gasteiger partial charge >= 0.3 is 0 Å². The third-order valence-electron chi connectivity index (χ3n) is 10.1. The second kappa shape index (κ2) is 11.0. The fourth-order valence-corrected chi connectivity index (χ4v) is 7.92. The van der Waals surface area contributed by atoms with Gasteiger partial charge in [-0.3, -0.25) is 0 Å². The van der Waals surface area contributed by atoms with Gasteiger partial charge in [-0.25, -0.2) is 22.5 Å². The van der Waals surface area contributed by atoms with Gasteiger partial charge in [-0.2, -0.15) is 0 Å². The van der Waals surface area contributed by atoms with E-state index in [1.807, 2.05) is 89.6 Å². The highest BCUT2D eigenvalue weighted by Gasteiger charge is 2.35. The molecule has 0 atom stereocenters. The maximum absolute atomic E-state index is 16.3. The molecule has 51 heavy (non-hydrogen) atoms. The predicted molar refractivity (Wildman–Crippen MR) is 196 cm³/mol. The quantitative estimate of drug-likeness (QED) is 0.104. The summed E-state index contributed by atoms with van der Waals surface area (Å²) in [5.74, 6) is -6.51. The molecular formula is C45H24F4N2. The Hall–Kier alpha value is -6.53. The van der Waals surface area contributed by atoms with Gasteiger partial charge in [0.05, 0.1) is 5.69 Å². The molecule has 1 aliphatic carbocycles. The number of halogens is 4. The first-order valence-corrected chi connectivity index (χ1v) is 16.6. The van der Waals surface area contributed by atoms with E-state index in [0.29, 0.717) is 33.4 Å². The Morgan fingerprint density at radius 3 is 1.61 bits per heavy atom. The van der Waals surface area contributed by atoms with Crippen molar-refractivity contribution in [1.82, 2.24) is 9.38 Å². The lowest BCUT2D eigenvalue weighted by molar-refractivity contribution is 0.418. The molecule has 0 N–H and O–H groups in total. The molecule has 1 aliphatic rings. The van der Waals surface area contributed by atoms with Crippen LogP contribution in [0.25, 0.3) is 94.1 Å². The van der Waals surface area contributed by atoms with Gasteiger partial charge in [0, 0.05) is 39.9 Å². The van der Waals surface area contributed by atoms with E-state index >= 15 is 17.6 Å². The van der Waals surface area contributed by atoms with Crippen LogP contribution in [0.5, 0.6) is 0 Å². The summed E-state index contributed by atoms with van der Waals surface area (Å²) in [4.78, 5) is 4.82. The molecule has 2 nitrogen and oxygen atoms in total. The second-order valence-corrected chi connectivity index (χ2v) is 12.8. The molecule has 6 heteroatoms. The fourth-order valence-electron chi connectivity index (χ4n) is 7.92. The van der Waals surface area contributed by atoms with Crippen LogP contribution < -0.4 is 0 Å². The number of rotatable bonds is 4. The van der Waals surface area contributed by atoms with Crippen molar-refractivity contribution in [2.75, 3.05) is 0 Å². The van der Waals surface area contributed by atoms with Crippen LogP contribution in [0.1, 0.15) is 0 Å². The van der Waals surface area contributed by atoms with Crippen LogP contribution in [0.3, 0.4) is 0 Å². The molecule has 2 aromatic heterocycles. The van der Waals surface area contributed by atoms with E-state index in [2.05, 4.69) is 12.1 Å². The molecule has 0 spiro atoms. The number of nitrogens with zero attached hydrogens (tertiary/aromatic N) is 2. The minimum atomic E-state index is -1.84. The fraction of sp³-hybridized carbons (Fsp3) is 0. The summed E-state index contributed by atoms with van der Waals surface area (Å²) in [7, 11) is 0. The highest BCUT2D eigenvalue weighted by Crippen LogP contribution is 2.59. The highest BCUT2D eigenvalue weighted by atomic mass is 19.2. The Balaban J connectivity index is 1.31. The normalized spacial score (nSPS) is 11.9. The van der Waals surface area contributed by atoms with Crippen molar-refractivity contribution in [3.05, 3.63) is 169 Å². The monoisotopic (exact) mass is 668 g/mol. The van der Waals surface area contributed by atoms with Gasteiger partial charge in [0.25, 0.3) is 0 Å². The SMILES string of the molecule is Fc1c(F)c(F)c2c(-c3ccccc3)c3c(c(-c4ccccc4)c2c1F)-c1cccc2c(-c4cccc(-c5cn6ccccc6n5)c4)ccc-3c12. The number of pyridine rings is 1. The molecule has 9 aromatic rings. The van der Waals surface area contributed by atoms with Crippen LogP contribution in [0.2, 0.25) is 0 Å². The van der Waals surface area contributed by atoms with E-state index in [0.717, 1.165) is 49.9 Å². The number of aromatic nitrogens is 2. The van der Waals surface area contributed by atoms with Crippen molar-refractivity contribution in [3.63, 3.8) is 0 Å². The summed E-state index contributed by atoms with van der Waals surface area (Å²) >= 11 is 0. The molecular weight excluding hydrogens is 645 g/mol. The molecule has 0 radical (unpaired) electrons. The van der Waals surface area contributed by atoms with Crippen molar-refractivity contribution in [2.24, 2.45) is 0 Å². The first-order valence-electron chi connectivity index (χ1n) is 16.6. The lowest BCUT2D eigenvalue weighted by Gasteiger charge is -2.21. The zero-order chi connectivity index (χ0) is 34.4. The second-order valence-electron chi connectivity index (χ2n) is 12.8. The summed E-state index contributed by atoms with van der Waals surface area (Å²) < 4.78 is 65.1. The molecule has 2 heterocycles. The summed E-state index contributed by atoms with van der Waals surface area (Å²) in [6.45, 7) is 0. The number of hydrogen-bond acceptors (Lipinski definition) is 1. The van der Waals surface area contributed by atoms with Gasteiger partial charge in [0.2, 0.25) is 0 Å². The predicted octanol–water partition coefficient (Wildman–Crippen LogP) is 12.5. The number of fused-ring (bicyclic) bond motifs is 5. The first kappa shape index (κ1) is 29.4. The Labute approximate surface area is 289 Å². The van der Waals surface area contributed by atoms with Crippen molar-refractivity contribution < 1.29 is 17.6 Å². The van der Waals surface area contributed by atoms with Crippen LogP contribution in [0.4, 0.5) is 17.6 Å². The summed E-state index contributed by atoms with van der Waals surface area (Å²) in [6, 6.07) is 42.1.